The van der Waals surface area contributed by atoms with E-state index in [1.165, 1.54) is 15.6 Å². The normalized spacial score (nSPS) is 17.4. The quantitative estimate of drug-likeness (QED) is 0.766. The van der Waals surface area contributed by atoms with Gasteiger partial charge in [-0.25, -0.2) is 8.42 Å². The van der Waals surface area contributed by atoms with E-state index >= 15 is 0 Å². The third-order valence-corrected chi connectivity index (χ3v) is 7.91. The summed E-state index contributed by atoms with van der Waals surface area (Å²) in [6.45, 7) is 2.45. The summed E-state index contributed by atoms with van der Waals surface area (Å²) in [7, 11) is -3.43. The number of sulfonamides is 1. The Balaban J connectivity index is 1.50. The van der Waals surface area contributed by atoms with Crippen molar-refractivity contribution in [3.05, 3.63) is 46.8 Å². The molecule has 1 unspecified atom stereocenters. The molecule has 0 aliphatic carbocycles. The van der Waals surface area contributed by atoms with Gasteiger partial charge in [0.05, 0.1) is 0 Å². The van der Waals surface area contributed by atoms with Crippen molar-refractivity contribution in [3.8, 4) is 5.75 Å². The van der Waals surface area contributed by atoms with Crippen molar-refractivity contribution >= 4 is 38.9 Å². The highest BCUT2D eigenvalue weighted by Crippen LogP contribution is 2.24. The number of nitrogens with zero attached hydrogens (tertiary/aromatic N) is 1. The minimum absolute atomic E-state index is 0.0662. The van der Waals surface area contributed by atoms with E-state index in [0.717, 1.165) is 0 Å². The van der Waals surface area contributed by atoms with Crippen molar-refractivity contribution in [2.75, 3.05) is 13.1 Å². The molecule has 27 heavy (non-hydrogen) atoms. The zero-order chi connectivity index (χ0) is 19.4. The summed E-state index contributed by atoms with van der Waals surface area (Å²) in [4.78, 5) is 12.4. The van der Waals surface area contributed by atoms with Crippen LogP contribution in [0.4, 0.5) is 0 Å². The van der Waals surface area contributed by atoms with Crippen LogP contribution in [0.2, 0.25) is 5.02 Å². The molecule has 0 saturated carbocycles. The molecule has 1 fully saturated rings. The van der Waals surface area contributed by atoms with Crippen molar-refractivity contribution in [2.24, 2.45) is 0 Å². The smallest absolute Gasteiger partial charge is 0.260 e. The molecular weight excluding hydrogens is 408 g/mol. The number of hydrogen-bond donors (Lipinski definition) is 1. The fourth-order valence-corrected chi connectivity index (χ4v) is 5.61. The second kappa shape index (κ2) is 8.60. The lowest BCUT2D eigenvalue weighted by Crippen LogP contribution is -2.49. The zero-order valence-electron chi connectivity index (χ0n) is 14.8. The molecule has 1 N–H and O–H groups in total. The Bertz CT molecular complexity index is 861. The molecule has 1 aliphatic heterocycles. The first-order valence-corrected chi connectivity index (χ1v) is 11.3. The van der Waals surface area contributed by atoms with E-state index in [4.69, 9.17) is 16.3 Å². The number of ether oxygens (including phenoxy) is 1. The zero-order valence-corrected chi connectivity index (χ0v) is 17.2. The van der Waals surface area contributed by atoms with Crippen molar-refractivity contribution < 1.29 is 17.9 Å². The van der Waals surface area contributed by atoms with Gasteiger partial charge in [0.15, 0.2) is 6.10 Å². The predicted octanol–water partition coefficient (Wildman–Crippen LogP) is 3.14. The standard InChI is InChI=1S/C18H21ClN2O4S2/c1-13(25-16-6-4-14(19)5-7-16)18(22)20-15-8-10-21(11-9-15)27(23,24)17-3-2-12-26-17/h2-7,12-13,15H,8-11H2,1H3,(H,20,22). The molecule has 1 aromatic heterocycles. The lowest BCUT2D eigenvalue weighted by Gasteiger charge is -2.31. The van der Waals surface area contributed by atoms with Crippen LogP contribution >= 0.6 is 22.9 Å². The summed E-state index contributed by atoms with van der Waals surface area (Å²) >= 11 is 7.05. The highest BCUT2D eigenvalue weighted by atomic mass is 35.5. The lowest BCUT2D eigenvalue weighted by molar-refractivity contribution is -0.128. The van der Waals surface area contributed by atoms with Crippen molar-refractivity contribution in [1.82, 2.24) is 9.62 Å². The molecule has 1 aromatic carbocycles. The average molecular weight is 429 g/mol. The van der Waals surface area contributed by atoms with E-state index in [1.807, 2.05) is 0 Å². The molecule has 2 aromatic rings. The summed E-state index contributed by atoms with van der Waals surface area (Å²) in [6, 6.07) is 10.1. The molecule has 1 aliphatic rings. The van der Waals surface area contributed by atoms with Gasteiger partial charge < -0.3 is 10.1 Å². The van der Waals surface area contributed by atoms with Crippen LogP contribution in [0.3, 0.4) is 0 Å². The minimum atomic E-state index is -3.43. The molecule has 0 spiro atoms. The van der Waals surface area contributed by atoms with Crippen molar-refractivity contribution in [2.45, 2.75) is 36.1 Å². The van der Waals surface area contributed by atoms with Gasteiger partial charge in [0, 0.05) is 24.2 Å². The van der Waals surface area contributed by atoms with Crippen LogP contribution in [-0.2, 0) is 14.8 Å². The van der Waals surface area contributed by atoms with E-state index in [1.54, 1.807) is 48.7 Å². The summed E-state index contributed by atoms with van der Waals surface area (Å²) in [6.07, 6.45) is 0.493. The van der Waals surface area contributed by atoms with Crippen LogP contribution in [-0.4, -0.2) is 43.9 Å². The number of amides is 1. The van der Waals surface area contributed by atoms with E-state index in [0.29, 0.717) is 40.9 Å². The predicted molar refractivity (Wildman–Crippen MR) is 106 cm³/mol. The summed E-state index contributed by atoms with van der Waals surface area (Å²) < 4.78 is 32.5. The maximum Gasteiger partial charge on any atom is 0.260 e. The Kier molecular flexibility index (Phi) is 6.41. The number of benzene rings is 1. The van der Waals surface area contributed by atoms with Crippen molar-refractivity contribution in [3.63, 3.8) is 0 Å². The van der Waals surface area contributed by atoms with Crippen LogP contribution in [0.1, 0.15) is 19.8 Å². The molecule has 2 heterocycles. The van der Waals surface area contributed by atoms with Gasteiger partial charge in [0.25, 0.3) is 15.9 Å². The molecule has 1 atom stereocenters. The third-order valence-electron chi connectivity index (χ3n) is 4.39. The molecule has 146 valence electrons. The summed E-state index contributed by atoms with van der Waals surface area (Å²) in [5.41, 5.74) is 0. The number of carbonyl (C=O) groups excluding carboxylic acids is 1. The average Bonchev–Trinajstić information content (AvgIpc) is 3.19. The number of piperidine rings is 1. The highest BCUT2D eigenvalue weighted by molar-refractivity contribution is 7.91. The van der Waals surface area contributed by atoms with Crippen LogP contribution in [0.15, 0.2) is 46.0 Å². The fraction of sp³-hybridized carbons (Fsp3) is 0.389. The number of rotatable bonds is 6. The lowest BCUT2D eigenvalue weighted by atomic mass is 10.1. The second-order valence-electron chi connectivity index (χ2n) is 6.33. The SMILES string of the molecule is CC(Oc1ccc(Cl)cc1)C(=O)NC1CCN(S(=O)(=O)c2cccs2)CC1. The molecule has 6 nitrogen and oxygen atoms in total. The van der Waals surface area contributed by atoms with Gasteiger partial charge in [-0.15, -0.1) is 11.3 Å². The molecule has 9 heteroatoms. The maximum absolute atomic E-state index is 12.5. The number of thiophene rings is 1. The molecule has 0 bridgehead atoms. The highest BCUT2D eigenvalue weighted by Gasteiger charge is 2.31. The van der Waals surface area contributed by atoms with Crippen molar-refractivity contribution in [1.29, 1.82) is 0 Å². The number of halogens is 1. The third kappa shape index (κ3) is 5.01. The van der Waals surface area contributed by atoms with Crippen LogP contribution in [0, 0.1) is 0 Å². The van der Waals surface area contributed by atoms with E-state index < -0.39 is 16.1 Å². The van der Waals surface area contributed by atoms with Crippen LogP contribution in [0.25, 0.3) is 0 Å². The van der Waals surface area contributed by atoms with E-state index in [9.17, 15) is 13.2 Å². The minimum Gasteiger partial charge on any atom is -0.481 e. The Morgan fingerprint density at radius 2 is 1.93 bits per heavy atom. The number of carbonyl (C=O) groups is 1. The Morgan fingerprint density at radius 1 is 1.26 bits per heavy atom. The van der Waals surface area contributed by atoms with Gasteiger partial charge in [-0.05, 0) is 55.5 Å². The topological polar surface area (TPSA) is 75.7 Å². The van der Waals surface area contributed by atoms with E-state index in [-0.39, 0.29) is 11.9 Å². The molecule has 1 amide bonds. The van der Waals surface area contributed by atoms with Gasteiger partial charge in [-0.1, -0.05) is 17.7 Å². The second-order valence-corrected chi connectivity index (χ2v) is 9.88. The molecule has 1 saturated heterocycles. The summed E-state index contributed by atoms with van der Waals surface area (Å²) in [5, 5.41) is 5.30. The van der Waals surface area contributed by atoms with Crippen LogP contribution in [0.5, 0.6) is 5.75 Å². The fourth-order valence-electron chi connectivity index (χ4n) is 2.87. The van der Waals surface area contributed by atoms with Crippen LogP contribution < -0.4 is 10.1 Å². The van der Waals surface area contributed by atoms with Gasteiger partial charge in [0.1, 0.15) is 9.96 Å². The Morgan fingerprint density at radius 3 is 2.52 bits per heavy atom. The maximum atomic E-state index is 12.5. The van der Waals surface area contributed by atoms with Gasteiger partial charge in [-0.3, -0.25) is 4.79 Å². The Labute approximate surface area is 168 Å². The summed E-state index contributed by atoms with van der Waals surface area (Å²) in [5.74, 6) is 0.350. The van der Waals surface area contributed by atoms with E-state index in [2.05, 4.69) is 5.32 Å². The first-order valence-electron chi connectivity index (χ1n) is 8.62. The van der Waals surface area contributed by atoms with Gasteiger partial charge in [0.2, 0.25) is 0 Å². The first kappa shape index (κ1) is 20.1. The monoisotopic (exact) mass is 428 g/mol. The molecule has 3 rings (SSSR count). The molecular formula is C18H21ClN2O4S2. The number of hydrogen-bond acceptors (Lipinski definition) is 5. The Hall–Kier alpha value is -1.61. The number of nitrogens with one attached hydrogen (secondary N) is 1. The largest absolute Gasteiger partial charge is 0.481 e. The van der Waals surface area contributed by atoms with Gasteiger partial charge in [-0.2, -0.15) is 4.31 Å². The van der Waals surface area contributed by atoms with Gasteiger partial charge >= 0.3 is 0 Å². The first-order chi connectivity index (χ1) is 12.9. The molecule has 0 radical (unpaired) electrons.